The van der Waals surface area contributed by atoms with Crippen LogP contribution >= 0.6 is 0 Å². The summed E-state index contributed by atoms with van der Waals surface area (Å²) in [6, 6.07) is 5.58. The van der Waals surface area contributed by atoms with Crippen LogP contribution < -0.4 is 10.2 Å². The zero-order valence-corrected chi connectivity index (χ0v) is 12.9. The van der Waals surface area contributed by atoms with Crippen LogP contribution in [-0.4, -0.2) is 38.1 Å². The molecule has 0 spiro atoms. The summed E-state index contributed by atoms with van der Waals surface area (Å²) < 4.78 is 5.43. The molecule has 2 aliphatic rings. The second kappa shape index (κ2) is 6.48. The Morgan fingerprint density at radius 3 is 3.00 bits per heavy atom. The second-order valence-corrected chi connectivity index (χ2v) is 6.06. The molecule has 22 heavy (non-hydrogen) atoms. The Morgan fingerprint density at radius 2 is 2.27 bits per heavy atom. The molecule has 1 saturated heterocycles. The topological polar surface area (TPSA) is 58.6 Å². The first-order valence-corrected chi connectivity index (χ1v) is 7.92. The van der Waals surface area contributed by atoms with Crippen molar-refractivity contribution >= 4 is 17.5 Å². The monoisotopic (exact) mass is 302 g/mol. The summed E-state index contributed by atoms with van der Waals surface area (Å²) in [7, 11) is 0. The van der Waals surface area contributed by atoms with Gasteiger partial charge in [0.15, 0.2) is 0 Å². The largest absolute Gasteiger partial charge is 0.381 e. The Labute approximate surface area is 130 Å². The van der Waals surface area contributed by atoms with Gasteiger partial charge < -0.3 is 15.0 Å². The summed E-state index contributed by atoms with van der Waals surface area (Å²) in [6.07, 6.45) is 2.99. The normalized spacial score (nSPS) is 20.6. The third-order valence-electron chi connectivity index (χ3n) is 4.42. The summed E-state index contributed by atoms with van der Waals surface area (Å²) in [5.74, 6) is 0.420. The molecule has 2 heterocycles. The molecule has 1 aromatic carbocycles. The van der Waals surface area contributed by atoms with Crippen molar-refractivity contribution in [1.82, 2.24) is 5.32 Å². The highest BCUT2D eigenvalue weighted by Gasteiger charge is 2.23. The molecule has 3 rings (SSSR count). The van der Waals surface area contributed by atoms with E-state index >= 15 is 0 Å². The second-order valence-electron chi connectivity index (χ2n) is 6.06. The van der Waals surface area contributed by atoms with E-state index in [-0.39, 0.29) is 11.8 Å². The number of rotatable bonds is 3. The summed E-state index contributed by atoms with van der Waals surface area (Å²) in [4.78, 5) is 25.6. The van der Waals surface area contributed by atoms with Gasteiger partial charge in [-0.25, -0.2) is 0 Å². The summed E-state index contributed by atoms with van der Waals surface area (Å²) in [6.45, 7) is 4.51. The molecule has 0 aromatic heterocycles. The molecule has 5 nitrogen and oxygen atoms in total. The zero-order valence-electron chi connectivity index (χ0n) is 12.9. The third kappa shape index (κ3) is 3.14. The lowest BCUT2D eigenvalue weighted by atomic mass is 10.0. The van der Waals surface area contributed by atoms with E-state index in [4.69, 9.17) is 4.74 Å². The molecular formula is C17H22N2O3. The fraction of sp³-hybridized carbons (Fsp3) is 0.529. The van der Waals surface area contributed by atoms with Gasteiger partial charge in [0.1, 0.15) is 0 Å². The van der Waals surface area contributed by atoms with Crippen molar-refractivity contribution in [2.24, 2.45) is 5.92 Å². The zero-order chi connectivity index (χ0) is 15.5. The smallest absolute Gasteiger partial charge is 0.251 e. The fourth-order valence-electron chi connectivity index (χ4n) is 3.18. The SMILES string of the molecule is CC(=O)N1CCc2cc(C(=O)NC[C@@H]3CCCOC3)ccc21. The maximum absolute atomic E-state index is 12.3. The lowest BCUT2D eigenvalue weighted by Gasteiger charge is -2.22. The number of hydrogen-bond donors (Lipinski definition) is 1. The minimum Gasteiger partial charge on any atom is -0.381 e. The van der Waals surface area contributed by atoms with Crippen molar-refractivity contribution in [3.63, 3.8) is 0 Å². The summed E-state index contributed by atoms with van der Waals surface area (Å²) in [5, 5.41) is 2.99. The van der Waals surface area contributed by atoms with Crippen LogP contribution in [0.25, 0.3) is 0 Å². The molecule has 1 fully saturated rings. The Morgan fingerprint density at radius 1 is 1.41 bits per heavy atom. The maximum atomic E-state index is 12.3. The average Bonchev–Trinajstić information content (AvgIpc) is 2.97. The summed E-state index contributed by atoms with van der Waals surface area (Å²) in [5.41, 5.74) is 2.68. The maximum Gasteiger partial charge on any atom is 0.251 e. The first-order chi connectivity index (χ1) is 10.6. The number of nitrogens with zero attached hydrogens (tertiary/aromatic N) is 1. The van der Waals surface area contributed by atoms with Crippen LogP contribution in [0.15, 0.2) is 18.2 Å². The Bertz CT molecular complexity index is 579. The highest BCUT2D eigenvalue weighted by molar-refractivity contribution is 5.97. The van der Waals surface area contributed by atoms with Crippen molar-refractivity contribution in [3.8, 4) is 0 Å². The van der Waals surface area contributed by atoms with Crippen molar-refractivity contribution in [3.05, 3.63) is 29.3 Å². The number of benzene rings is 1. The number of carbonyl (C=O) groups is 2. The van der Waals surface area contributed by atoms with Gasteiger partial charge in [-0.1, -0.05) is 0 Å². The van der Waals surface area contributed by atoms with Crippen molar-refractivity contribution < 1.29 is 14.3 Å². The Balaban J connectivity index is 1.63. The number of fused-ring (bicyclic) bond motifs is 1. The van der Waals surface area contributed by atoms with Crippen LogP contribution in [0.5, 0.6) is 0 Å². The number of amides is 2. The molecule has 1 N–H and O–H groups in total. The van der Waals surface area contributed by atoms with Gasteiger partial charge in [0.25, 0.3) is 5.91 Å². The van der Waals surface area contributed by atoms with E-state index in [1.165, 1.54) is 0 Å². The molecule has 0 aliphatic carbocycles. The van der Waals surface area contributed by atoms with Gasteiger partial charge in [0.2, 0.25) is 5.91 Å². The van der Waals surface area contributed by atoms with Gasteiger partial charge in [-0.3, -0.25) is 9.59 Å². The van der Waals surface area contributed by atoms with Crippen LogP contribution in [-0.2, 0) is 16.0 Å². The molecule has 0 saturated carbocycles. The van der Waals surface area contributed by atoms with Crippen LogP contribution in [0.3, 0.4) is 0 Å². The predicted octanol–water partition coefficient (Wildman–Crippen LogP) is 1.75. The number of ether oxygens (including phenoxy) is 1. The first kappa shape index (κ1) is 15.0. The van der Waals surface area contributed by atoms with E-state index in [1.54, 1.807) is 17.9 Å². The van der Waals surface area contributed by atoms with E-state index in [0.717, 1.165) is 43.7 Å². The van der Waals surface area contributed by atoms with E-state index < -0.39 is 0 Å². The lowest BCUT2D eigenvalue weighted by Crippen LogP contribution is -2.33. The number of carbonyl (C=O) groups excluding carboxylic acids is 2. The molecule has 5 heteroatoms. The molecule has 2 aliphatic heterocycles. The highest BCUT2D eigenvalue weighted by atomic mass is 16.5. The van der Waals surface area contributed by atoms with Crippen LogP contribution in [0.2, 0.25) is 0 Å². The Kier molecular flexibility index (Phi) is 4.43. The molecular weight excluding hydrogens is 280 g/mol. The van der Waals surface area contributed by atoms with Crippen LogP contribution in [0.4, 0.5) is 5.69 Å². The van der Waals surface area contributed by atoms with Crippen LogP contribution in [0, 0.1) is 5.92 Å². The van der Waals surface area contributed by atoms with Gasteiger partial charge in [-0.05, 0) is 48.9 Å². The van der Waals surface area contributed by atoms with Gasteiger partial charge in [0, 0.05) is 37.9 Å². The van der Waals surface area contributed by atoms with E-state index in [9.17, 15) is 9.59 Å². The fourth-order valence-corrected chi connectivity index (χ4v) is 3.18. The summed E-state index contributed by atoms with van der Waals surface area (Å²) >= 11 is 0. The average molecular weight is 302 g/mol. The molecule has 1 aromatic rings. The van der Waals surface area contributed by atoms with Crippen molar-refractivity contribution in [2.75, 3.05) is 31.2 Å². The number of nitrogens with one attached hydrogen (secondary N) is 1. The molecule has 0 bridgehead atoms. The molecule has 0 unspecified atom stereocenters. The van der Waals surface area contributed by atoms with Gasteiger partial charge in [-0.2, -0.15) is 0 Å². The van der Waals surface area contributed by atoms with E-state index in [0.29, 0.717) is 24.6 Å². The number of hydrogen-bond acceptors (Lipinski definition) is 3. The van der Waals surface area contributed by atoms with Crippen molar-refractivity contribution in [1.29, 1.82) is 0 Å². The quantitative estimate of drug-likeness (QED) is 0.925. The molecule has 1 atom stereocenters. The Hall–Kier alpha value is -1.88. The number of anilines is 1. The highest BCUT2D eigenvalue weighted by Crippen LogP contribution is 2.28. The van der Waals surface area contributed by atoms with E-state index in [1.807, 2.05) is 12.1 Å². The first-order valence-electron chi connectivity index (χ1n) is 7.92. The van der Waals surface area contributed by atoms with Crippen LogP contribution in [0.1, 0.15) is 35.7 Å². The molecule has 118 valence electrons. The predicted molar refractivity (Wildman–Crippen MR) is 84.0 cm³/mol. The molecule has 0 radical (unpaired) electrons. The lowest BCUT2D eigenvalue weighted by molar-refractivity contribution is -0.116. The van der Waals surface area contributed by atoms with Crippen molar-refractivity contribution in [2.45, 2.75) is 26.2 Å². The van der Waals surface area contributed by atoms with Gasteiger partial charge in [0.05, 0.1) is 6.61 Å². The minimum absolute atomic E-state index is 0.0466. The standard InChI is InChI=1S/C17H22N2O3/c1-12(20)19-7-6-14-9-15(4-5-16(14)19)17(21)18-10-13-3-2-8-22-11-13/h4-5,9,13H,2-3,6-8,10-11H2,1H3,(H,18,21)/t13-/m0/s1. The van der Waals surface area contributed by atoms with Gasteiger partial charge >= 0.3 is 0 Å². The third-order valence-corrected chi connectivity index (χ3v) is 4.42. The van der Waals surface area contributed by atoms with E-state index in [2.05, 4.69) is 5.32 Å². The molecule has 2 amide bonds. The minimum atomic E-state index is -0.0466. The van der Waals surface area contributed by atoms with Gasteiger partial charge in [-0.15, -0.1) is 0 Å².